The van der Waals surface area contributed by atoms with Gasteiger partial charge in [-0.1, -0.05) is 18.2 Å². The van der Waals surface area contributed by atoms with Crippen molar-refractivity contribution in [2.24, 2.45) is 0 Å². The number of carbonyl (C=O) groups is 1. The van der Waals surface area contributed by atoms with E-state index in [-0.39, 0.29) is 0 Å². The molecule has 0 fully saturated rings. The summed E-state index contributed by atoms with van der Waals surface area (Å²) in [6, 6.07) is 8.12. The van der Waals surface area contributed by atoms with E-state index < -0.39 is 11.9 Å². The van der Waals surface area contributed by atoms with Gasteiger partial charge in [-0.25, -0.2) is 4.98 Å². The lowest BCUT2D eigenvalue weighted by molar-refractivity contribution is -0.138. The Morgan fingerprint density at radius 2 is 2.20 bits per heavy atom. The number of benzene rings is 1. The van der Waals surface area contributed by atoms with Gasteiger partial charge in [-0.2, -0.15) is 0 Å². The fourth-order valence-electron chi connectivity index (χ4n) is 2.64. The number of nitrogens with zero attached hydrogens (tertiary/aromatic N) is 2. The van der Waals surface area contributed by atoms with Gasteiger partial charge in [-0.3, -0.25) is 4.79 Å². The van der Waals surface area contributed by atoms with Gasteiger partial charge in [0.05, 0.1) is 5.69 Å². The third-order valence-corrected chi connectivity index (χ3v) is 4.98. The molecular formula is C15H16N2O2S. The number of fused-ring (bicyclic) bond motifs is 1. The molecule has 1 aliphatic carbocycles. The smallest absolute Gasteiger partial charge is 0.312 e. The van der Waals surface area contributed by atoms with E-state index in [0.29, 0.717) is 6.42 Å². The summed E-state index contributed by atoms with van der Waals surface area (Å²) in [6.45, 7) is 2.06. The lowest BCUT2D eigenvalue weighted by Gasteiger charge is -2.18. The van der Waals surface area contributed by atoms with Gasteiger partial charge in [0.25, 0.3) is 0 Å². The van der Waals surface area contributed by atoms with Gasteiger partial charge in [-0.05, 0) is 31.4 Å². The number of anilines is 2. The Kier molecular flexibility index (Phi) is 3.22. The predicted molar refractivity (Wildman–Crippen MR) is 80.1 cm³/mol. The summed E-state index contributed by atoms with van der Waals surface area (Å²) in [5.74, 6) is -1.19. The molecule has 0 aliphatic heterocycles. The molecule has 0 radical (unpaired) electrons. The number of para-hydroxylation sites is 1. The second-order valence-electron chi connectivity index (χ2n) is 5.08. The zero-order valence-electron chi connectivity index (χ0n) is 11.5. The molecule has 0 saturated heterocycles. The Morgan fingerprint density at radius 3 is 2.90 bits per heavy atom. The van der Waals surface area contributed by atoms with Crippen LogP contribution in [0.25, 0.3) is 0 Å². The van der Waals surface area contributed by atoms with Crippen molar-refractivity contribution in [3.8, 4) is 0 Å². The van der Waals surface area contributed by atoms with Crippen molar-refractivity contribution in [1.82, 2.24) is 4.98 Å². The quantitative estimate of drug-likeness (QED) is 0.941. The van der Waals surface area contributed by atoms with E-state index in [1.54, 1.807) is 11.3 Å². The summed E-state index contributed by atoms with van der Waals surface area (Å²) in [5.41, 5.74) is 3.05. The number of aliphatic carboxylic acids is 1. The van der Waals surface area contributed by atoms with Crippen LogP contribution in [0.3, 0.4) is 0 Å². The summed E-state index contributed by atoms with van der Waals surface area (Å²) in [7, 11) is 1.98. The fraction of sp³-hybridized carbons (Fsp3) is 0.333. The van der Waals surface area contributed by atoms with E-state index in [0.717, 1.165) is 27.8 Å². The van der Waals surface area contributed by atoms with Gasteiger partial charge in [0.1, 0.15) is 5.92 Å². The summed E-state index contributed by atoms with van der Waals surface area (Å²) in [6.07, 6.45) is 1.50. The lowest BCUT2D eigenvalue weighted by Crippen LogP contribution is -2.12. The van der Waals surface area contributed by atoms with Crippen LogP contribution in [0, 0.1) is 6.92 Å². The molecule has 1 heterocycles. The number of hydrogen-bond donors (Lipinski definition) is 1. The van der Waals surface area contributed by atoms with Gasteiger partial charge in [-0.15, -0.1) is 11.3 Å². The van der Waals surface area contributed by atoms with Crippen LogP contribution in [0.2, 0.25) is 0 Å². The molecule has 2 aromatic rings. The molecule has 104 valence electrons. The summed E-state index contributed by atoms with van der Waals surface area (Å²) in [5, 5.41) is 10.1. The van der Waals surface area contributed by atoms with Crippen LogP contribution in [-0.2, 0) is 11.2 Å². The largest absolute Gasteiger partial charge is 0.481 e. The van der Waals surface area contributed by atoms with Gasteiger partial charge in [0.2, 0.25) is 0 Å². The summed E-state index contributed by atoms with van der Waals surface area (Å²) < 4.78 is 0. The zero-order chi connectivity index (χ0) is 14.3. The molecule has 0 saturated carbocycles. The molecule has 0 bridgehead atoms. The molecule has 20 heavy (non-hydrogen) atoms. The Bertz CT molecular complexity index is 666. The highest BCUT2D eigenvalue weighted by atomic mass is 32.1. The highest BCUT2D eigenvalue weighted by Crippen LogP contribution is 2.41. The van der Waals surface area contributed by atoms with Crippen molar-refractivity contribution < 1.29 is 9.90 Å². The lowest BCUT2D eigenvalue weighted by atomic mass is 10.1. The third-order valence-electron chi connectivity index (χ3n) is 3.77. The first-order chi connectivity index (χ1) is 9.58. The Morgan fingerprint density at radius 1 is 1.45 bits per heavy atom. The maximum atomic E-state index is 11.2. The average molecular weight is 288 g/mol. The van der Waals surface area contributed by atoms with Gasteiger partial charge in [0.15, 0.2) is 5.13 Å². The van der Waals surface area contributed by atoms with Crippen LogP contribution in [0.1, 0.15) is 28.5 Å². The van der Waals surface area contributed by atoms with Crippen molar-refractivity contribution in [2.75, 3.05) is 11.9 Å². The Balaban J connectivity index is 1.95. The maximum absolute atomic E-state index is 11.2. The number of thiazole rings is 1. The first-order valence-corrected chi connectivity index (χ1v) is 7.41. The predicted octanol–water partition coefficient (Wildman–Crippen LogP) is 3.33. The number of aromatic nitrogens is 1. The topological polar surface area (TPSA) is 53.4 Å². The average Bonchev–Trinajstić information content (AvgIpc) is 2.97. The molecule has 1 unspecified atom stereocenters. The van der Waals surface area contributed by atoms with Crippen molar-refractivity contribution >= 4 is 28.1 Å². The first kappa shape index (κ1) is 13.1. The van der Waals surface area contributed by atoms with E-state index >= 15 is 0 Å². The van der Waals surface area contributed by atoms with Gasteiger partial charge >= 0.3 is 5.97 Å². The molecular weight excluding hydrogens is 272 g/mol. The molecule has 1 aliphatic rings. The molecule has 1 N–H and O–H groups in total. The minimum absolute atomic E-state index is 0.430. The second-order valence-corrected chi connectivity index (χ2v) is 6.14. The molecule has 0 spiro atoms. The van der Waals surface area contributed by atoms with Crippen LogP contribution in [0.15, 0.2) is 24.3 Å². The van der Waals surface area contributed by atoms with Crippen LogP contribution in [0.5, 0.6) is 0 Å². The minimum atomic E-state index is -0.765. The summed E-state index contributed by atoms with van der Waals surface area (Å²) in [4.78, 5) is 19.0. The molecule has 1 aromatic carbocycles. The van der Waals surface area contributed by atoms with E-state index in [2.05, 4.69) is 24.0 Å². The number of hydrogen-bond acceptors (Lipinski definition) is 4. The highest BCUT2D eigenvalue weighted by Gasteiger charge is 2.33. The Hall–Kier alpha value is -1.88. The molecule has 4 nitrogen and oxygen atoms in total. The third kappa shape index (κ3) is 2.08. The number of carboxylic acids is 1. The van der Waals surface area contributed by atoms with Crippen molar-refractivity contribution in [3.63, 3.8) is 0 Å². The normalized spacial score (nSPS) is 17.0. The monoisotopic (exact) mass is 288 g/mol. The standard InChI is InChI=1S/C15H16N2O2S/c1-9-5-3-4-6-11(9)17(2)15-16-13-10(14(18)19)7-8-12(13)20-15/h3-6,10H,7-8H2,1-2H3,(H,18,19). The van der Waals surface area contributed by atoms with E-state index in [1.807, 2.05) is 24.1 Å². The van der Waals surface area contributed by atoms with Crippen LogP contribution in [0.4, 0.5) is 10.8 Å². The summed E-state index contributed by atoms with van der Waals surface area (Å²) >= 11 is 1.61. The molecule has 0 amide bonds. The van der Waals surface area contributed by atoms with Crippen LogP contribution >= 0.6 is 11.3 Å². The van der Waals surface area contributed by atoms with Crippen LogP contribution < -0.4 is 4.90 Å². The SMILES string of the molecule is Cc1ccccc1N(C)c1nc2c(s1)CCC2C(=O)O. The zero-order valence-corrected chi connectivity index (χ0v) is 12.3. The minimum Gasteiger partial charge on any atom is -0.481 e. The van der Waals surface area contributed by atoms with E-state index in [4.69, 9.17) is 0 Å². The van der Waals surface area contributed by atoms with Gasteiger partial charge in [0, 0.05) is 17.6 Å². The molecule has 3 rings (SSSR count). The van der Waals surface area contributed by atoms with Gasteiger partial charge < -0.3 is 10.0 Å². The van der Waals surface area contributed by atoms with Crippen molar-refractivity contribution in [1.29, 1.82) is 0 Å². The first-order valence-electron chi connectivity index (χ1n) is 6.59. The van der Waals surface area contributed by atoms with E-state index in [9.17, 15) is 9.90 Å². The second kappa shape index (κ2) is 4.90. The highest BCUT2D eigenvalue weighted by molar-refractivity contribution is 7.15. The van der Waals surface area contributed by atoms with Crippen molar-refractivity contribution in [2.45, 2.75) is 25.7 Å². The molecule has 5 heteroatoms. The molecule has 1 atom stereocenters. The van der Waals surface area contributed by atoms with Crippen LogP contribution in [-0.4, -0.2) is 23.1 Å². The maximum Gasteiger partial charge on any atom is 0.312 e. The fourth-order valence-corrected chi connectivity index (χ4v) is 3.75. The number of aryl methyl sites for hydroxylation is 2. The van der Waals surface area contributed by atoms with E-state index in [1.165, 1.54) is 5.56 Å². The van der Waals surface area contributed by atoms with Crippen molar-refractivity contribution in [3.05, 3.63) is 40.4 Å². The molecule has 1 aromatic heterocycles. The number of rotatable bonds is 3. The Labute approximate surface area is 121 Å². The number of carboxylic acid groups (broad SMARTS) is 1.